The monoisotopic (exact) mass is 296 g/mol. The number of benzene rings is 2. The van der Waals surface area contributed by atoms with Gasteiger partial charge in [0.25, 0.3) is 0 Å². The number of hydrogen-bond donors (Lipinski definition) is 1. The van der Waals surface area contributed by atoms with Crippen LogP contribution in [-0.2, 0) is 4.74 Å². The van der Waals surface area contributed by atoms with Crippen molar-refractivity contribution in [2.45, 2.75) is 0 Å². The fraction of sp³-hybridized carbons (Fsp3) is 0.0667. The zero-order valence-electron chi connectivity index (χ0n) is 11.8. The third-order valence-corrected chi connectivity index (χ3v) is 2.32. The summed E-state index contributed by atoms with van der Waals surface area (Å²) in [6, 6.07) is 14.3. The van der Waals surface area contributed by atoms with Crippen molar-refractivity contribution in [2.75, 3.05) is 7.11 Å². The summed E-state index contributed by atoms with van der Waals surface area (Å²) in [5.41, 5.74) is 0.410. The minimum atomic E-state index is -1.13. The normalized spacial score (nSPS) is 8.62. The summed E-state index contributed by atoms with van der Waals surface area (Å²) in [4.78, 5) is 20.9. The van der Waals surface area contributed by atoms with E-state index in [1.54, 1.807) is 30.3 Å². The van der Waals surface area contributed by atoms with Gasteiger partial charge in [-0.3, -0.25) is 0 Å². The van der Waals surface area contributed by atoms with Crippen LogP contribution >= 0.6 is 0 Å². The first-order valence-electron chi connectivity index (χ1n) is 5.69. The minimum Gasteiger partial charge on any atom is -0.545 e. The fourth-order valence-corrected chi connectivity index (χ4v) is 1.33. The Kier molecular flexibility index (Phi) is 9.12. The zero-order valence-corrected chi connectivity index (χ0v) is 13.8. The van der Waals surface area contributed by atoms with Crippen LogP contribution in [0.4, 0.5) is 0 Å². The average molecular weight is 296 g/mol. The molecule has 21 heavy (non-hydrogen) atoms. The molecule has 0 aliphatic heterocycles. The first-order chi connectivity index (χ1) is 9.56. The van der Waals surface area contributed by atoms with Crippen LogP contribution in [0.15, 0.2) is 54.6 Å². The molecule has 0 aromatic heterocycles. The maximum absolute atomic E-state index is 10.9. The molecule has 0 heterocycles. The molecule has 104 valence electrons. The molecule has 5 nitrogen and oxygen atoms in total. The Balaban J connectivity index is 0.000000370. The Bertz CT molecular complexity index is 584. The van der Waals surface area contributed by atoms with Gasteiger partial charge < -0.3 is 19.7 Å². The number of phenolic OH excluding ortho intramolecular Hbond substituents is 1. The molecular weight excluding hydrogens is 283 g/mol. The van der Waals surface area contributed by atoms with Gasteiger partial charge in [0.2, 0.25) is 0 Å². The molecule has 0 aliphatic carbocycles. The molecule has 2 aromatic carbocycles. The third-order valence-electron chi connectivity index (χ3n) is 2.32. The Labute approximate surface area is 144 Å². The Morgan fingerprint density at radius 2 is 1.52 bits per heavy atom. The second-order valence-corrected chi connectivity index (χ2v) is 3.66. The van der Waals surface area contributed by atoms with Gasteiger partial charge in [0.15, 0.2) is 0 Å². The van der Waals surface area contributed by atoms with Crippen molar-refractivity contribution in [3.05, 3.63) is 65.7 Å². The number of rotatable bonds is 2. The number of carbonyl (C=O) groups is 2. The van der Waals surface area contributed by atoms with Crippen molar-refractivity contribution in [1.82, 2.24) is 0 Å². The second kappa shape index (κ2) is 9.99. The number of carbonyl (C=O) groups excluding carboxylic acids is 2. The van der Waals surface area contributed by atoms with Crippen LogP contribution in [0.25, 0.3) is 0 Å². The van der Waals surface area contributed by atoms with Crippen LogP contribution in [0.2, 0.25) is 0 Å². The van der Waals surface area contributed by atoms with E-state index < -0.39 is 11.9 Å². The van der Waals surface area contributed by atoms with Gasteiger partial charge in [-0.25, -0.2) is 4.79 Å². The van der Waals surface area contributed by atoms with Crippen LogP contribution in [0.1, 0.15) is 20.7 Å². The van der Waals surface area contributed by atoms with E-state index in [1.165, 1.54) is 31.4 Å². The maximum Gasteiger partial charge on any atom is 1.00 e. The Morgan fingerprint density at radius 3 is 1.95 bits per heavy atom. The minimum absolute atomic E-state index is 0. The fourth-order valence-electron chi connectivity index (χ4n) is 1.33. The summed E-state index contributed by atoms with van der Waals surface area (Å²) < 4.78 is 4.42. The largest absolute Gasteiger partial charge is 1.00 e. The van der Waals surface area contributed by atoms with E-state index in [2.05, 4.69) is 4.74 Å². The van der Waals surface area contributed by atoms with Crippen molar-refractivity contribution in [2.24, 2.45) is 0 Å². The van der Waals surface area contributed by atoms with Gasteiger partial charge in [0, 0.05) is 0 Å². The number of methoxy groups -OCH3 is 1. The standard InChI is InChI=1S/C8H8O3.C7H6O2.Na/c1-11-8(10)6-4-2-3-5-7(6)9;8-7(9)6-4-2-1-3-5-6;/h2-5,9H,1H3;1-5H,(H,8,9);/q;;+1/p-1. The van der Waals surface area contributed by atoms with Gasteiger partial charge in [-0.2, -0.15) is 0 Å². The predicted molar refractivity (Wildman–Crippen MR) is 70.2 cm³/mol. The van der Waals surface area contributed by atoms with E-state index in [1.807, 2.05) is 0 Å². The van der Waals surface area contributed by atoms with E-state index in [4.69, 9.17) is 5.11 Å². The van der Waals surface area contributed by atoms with Crippen molar-refractivity contribution in [1.29, 1.82) is 0 Å². The molecule has 0 radical (unpaired) electrons. The van der Waals surface area contributed by atoms with E-state index in [0.29, 0.717) is 0 Å². The number of aromatic carboxylic acids is 1. The molecule has 2 rings (SSSR count). The molecule has 0 amide bonds. The molecule has 0 bridgehead atoms. The van der Waals surface area contributed by atoms with Crippen LogP contribution in [0.3, 0.4) is 0 Å². The molecule has 0 spiro atoms. The van der Waals surface area contributed by atoms with Gasteiger partial charge >= 0.3 is 35.5 Å². The summed E-state index contributed by atoms with van der Waals surface area (Å²) in [5, 5.41) is 19.2. The molecule has 0 saturated carbocycles. The molecule has 0 saturated heterocycles. The molecule has 6 heteroatoms. The Hall–Kier alpha value is -1.82. The number of carboxylic acids is 1. The average Bonchev–Trinajstić information content (AvgIpc) is 2.48. The molecule has 2 aromatic rings. The molecule has 0 aliphatic rings. The molecule has 0 fully saturated rings. The number of phenols is 1. The van der Waals surface area contributed by atoms with Crippen molar-refractivity contribution in [3.8, 4) is 5.75 Å². The van der Waals surface area contributed by atoms with Crippen molar-refractivity contribution < 1.29 is 54.1 Å². The number of ether oxygens (including phenoxy) is 1. The van der Waals surface area contributed by atoms with Gasteiger partial charge in [0.1, 0.15) is 11.3 Å². The summed E-state index contributed by atoms with van der Waals surface area (Å²) in [7, 11) is 1.27. The predicted octanol–water partition coefficient (Wildman–Crippen LogP) is -1.77. The van der Waals surface area contributed by atoms with Crippen LogP contribution in [-0.4, -0.2) is 24.2 Å². The topological polar surface area (TPSA) is 86.7 Å². The quantitative estimate of drug-likeness (QED) is 0.524. The van der Waals surface area contributed by atoms with Gasteiger partial charge in [-0.05, 0) is 17.7 Å². The smallest absolute Gasteiger partial charge is 0.545 e. The third kappa shape index (κ3) is 6.44. The molecule has 0 atom stereocenters. The number of para-hydroxylation sites is 1. The summed E-state index contributed by atoms with van der Waals surface area (Å²) in [6.07, 6.45) is 0. The number of carboxylic acid groups (broad SMARTS) is 1. The van der Waals surface area contributed by atoms with Crippen molar-refractivity contribution in [3.63, 3.8) is 0 Å². The summed E-state index contributed by atoms with van der Waals surface area (Å²) in [5.74, 6) is -1.71. The summed E-state index contributed by atoms with van der Waals surface area (Å²) >= 11 is 0. The molecule has 0 unspecified atom stereocenters. The van der Waals surface area contributed by atoms with E-state index in [-0.39, 0.29) is 46.4 Å². The number of aromatic hydroxyl groups is 1. The Morgan fingerprint density at radius 1 is 1.00 bits per heavy atom. The number of esters is 1. The van der Waals surface area contributed by atoms with E-state index in [9.17, 15) is 14.7 Å². The second-order valence-electron chi connectivity index (χ2n) is 3.66. The molecule has 1 N–H and O–H groups in total. The first kappa shape index (κ1) is 19.2. The number of hydrogen-bond acceptors (Lipinski definition) is 5. The van der Waals surface area contributed by atoms with Gasteiger partial charge in [-0.1, -0.05) is 42.5 Å². The van der Waals surface area contributed by atoms with E-state index in [0.717, 1.165) is 0 Å². The van der Waals surface area contributed by atoms with Crippen LogP contribution in [0, 0.1) is 0 Å². The van der Waals surface area contributed by atoms with Gasteiger partial charge in [-0.15, -0.1) is 0 Å². The van der Waals surface area contributed by atoms with E-state index >= 15 is 0 Å². The zero-order chi connectivity index (χ0) is 15.0. The van der Waals surface area contributed by atoms with Crippen LogP contribution in [0.5, 0.6) is 5.75 Å². The SMILES string of the molecule is COC(=O)c1ccccc1O.O=C([O-])c1ccccc1.[Na+]. The maximum atomic E-state index is 10.9. The van der Waals surface area contributed by atoms with Crippen molar-refractivity contribution >= 4 is 11.9 Å². The molecular formula is C15H13NaO5. The summed E-state index contributed by atoms with van der Waals surface area (Å²) in [6.45, 7) is 0. The van der Waals surface area contributed by atoms with Gasteiger partial charge in [0.05, 0.1) is 13.1 Å². The first-order valence-corrected chi connectivity index (χ1v) is 5.69. The van der Waals surface area contributed by atoms with Crippen LogP contribution < -0.4 is 34.7 Å².